The van der Waals surface area contributed by atoms with Gasteiger partial charge in [-0.15, -0.1) is 6.58 Å². The van der Waals surface area contributed by atoms with E-state index in [9.17, 15) is 5.11 Å². The Balaban J connectivity index is 2.03. The summed E-state index contributed by atoms with van der Waals surface area (Å²) in [5.41, 5.74) is 0. The van der Waals surface area contributed by atoms with Gasteiger partial charge in [0.25, 0.3) is 0 Å². The first kappa shape index (κ1) is 14.2. The molecule has 1 atom stereocenters. The van der Waals surface area contributed by atoms with Gasteiger partial charge in [0.15, 0.2) is 0 Å². The zero-order valence-electron chi connectivity index (χ0n) is 10.4. The fourth-order valence-corrected chi connectivity index (χ4v) is 1.66. The van der Waals surface area contributed by atoms with E-state index < -0.39 is 0 Å². The van der Waals surface area contributed by atoms with E-state index in [4.69, 9.17) is 9.47 Å². The fraction of sp³-hybridized carbons (Fsp3) is 0.714. The molecule has 3 heteroatoms. The van der Waals surface area contributed by atoms with E-state index in [0.29, 0.717) is 19.1 Å². The topological polar surface area (TPSA) is 38.7 Å². The second-order valence-electron chi connectivity index (χ2n) is 4.20. The second kappa shape index (κ2) is 9.23. The molecule has 0 aromatic carbocycles. The molecule has 1 N–H and O–H groups in total. The van der Waals surface area contributed by atoms with Crippen molar-refractivity contribution in [3.63, 3.8) is 0 Å². The summed E-state index contributed by atoms with van der Waals surface area (Å²) >= 11 is 0. The maximum atomic E-state index is 9.52. The van der Waals surface area contributed by atoms with E-state index in [0.717, 1.165) is 38.9 Å². The number of ether oxygens (including phenoxy) is 2. The molecule has 96 valence electrons. The van der Waals surface area contributed by atoms with Gasteiger partial charge in [-0.25, -0.2) is 0 Å². The number of hydrogen-bond acceptors (Lipinski definition) is 3. The molecule has 17 heavy (non-hydrogen) atoms. The molecule has 0 bridgehead atoms. The van der Waals surface area contributed by atoms with Gasteiger partial charge in [-0.05, 0) is 25.7 Å². The van der Waals surface area contributed by atoms with Crippen molar-refractivity contribution in [3.05, 3.63) is 12.7 Å². The van der Waals surface area contributed by atoms with Crippen LogP contribution >= 0.6 is 0 Å². The number of aliphatic hydroxyl groups excluding tert-OH is 1. The molecule has 0 aliphatic carbocycles. The molecule has 1 aliphatic heterocycles. The second-order valence-corrected chi connectivity index (χ2v) is 4.20. The average Bonchev–Trinajstić information content (AvgIpc) is 2.37. The van der Waals surface area contributed by atoms with Crippen molar-refractivity contribution in [1.82, 2.24) is 0 Å². The first-order valence-corrected chi connectivity index (χ1v) is 6.27. The van der Waals surface area contributed by atoms with Gasteiger partial charge in [-0.1, -0.05) is 17.9 Å². The summed E-state index contributed by atoms with van der Waals surface area (Å²) in [6.45, 7) is 5.65. The van der Waals surface area contributed by atoms with Crippen LogP contribution in [0.3, 0.4) is 0 Å². The summed E-state index contributed by atoms with van der Waals surface area (Å²) in [5.74, 6) is 5.88. The lowest BCUT2D eigenvalue weighted by Crippen LogP contribution is -2.23. The van der Waals surface area contributed by atoms with Gasteiger partial charge in [0.1, 0.15) is 6.61 Å². The fourth-order valence-electron chi connectivity index (χ4n) is 1.66. The lowest BCUT2D eigenvalue weighted by atomic mass is 10.1. The lowest BCUT2D eigenvalue weighted by Gasteiger charge is -2.21. The monoisotopic (exact) mass is 238 g/mol. The van der Waals surface area contributed by atoms with Crippen molar-refractivity contribution in [3.8, 4) is 11.8 Å². The van der Waals surface area contributed by atoms with Gasteiger partial charge in [0.05, 0.1) is 12.2 Å². The lowest BCUT2D eigenvalue weighted by molar-refractivity contribution is -0.0206. The minimum atomic E-state index is -0.344. The Morgan fingerprint density at radius 2 is 2.18 bits per heavy atom. The highest BCUT2D eigenvalue weighted by molar-refractivity contribution is 5.00. The molecule has 0 radical (unpaired) electrons. The van der Waals surface area contributed by atoms with Gasteiger partial charge in [-0.3, -0.25) is 0 Å². The van der Waals surface area contributed by atoms with Crippen LogP contribution in [0.15, 0.2) is 12.7 Å². The average molecular weight is 238 g/mol. The molecule has 0 aromatic rings. The Morgan fingerprint density at radius 3 is 2.88 bits per heavy atom. The van der Waals surface area contributed by atoms with Crippen molar-refractivity contribution in [2.24, 2.45) is 0 Å². The Bertz CT molecular complexity index is 258. The van der Waals surface area contributed by atoms with Crippen LogP contribution in [0, 0.1) is 11.8 Å². The van der Waals surface area contributed by atoms with E-state index in [1.54, 1.807) is 0 Å². The Hall–Kier alpha value is -0.820. The summed E-state index contributed by atoms with van der Waals surface area (Å²) in [7, 11) is 0. The van der Waals surface area contributed by atoms with Crippen LogP contribution in [-0.4, -0.2) is 37.1 Å². The Kier molecular flexibility index (Phi) is 7.74. The van der Waals surface area contributed by atoms with E-state index in [1.165, 1.54) is 0 Å². The molecule has 1 unspecified atom stereocenters. The highest BCUT2D eigenvalue weighted by Crippen LogP contribution is 2.09. The summed E-state index contributed by atoms with van der Waals surface area (Å²) in [5, 5.41) is 9.52. The van der Waals surface area contributed by atoms with Gasteiger partial charge < -0.3 is 14.6 Å². The molecule has 0 saturated carbocycles. The van der Waals surface area contributed by atoms with Gasteiger partial charge in [-0.2, -0.15) is 0 Å². The zero-order valence-corrected chi connectivity index (χ0v) is 10.4. The highest BCUT2D eigenvalue weighted by Gasteiger charge is 2.12. The molecule has 1 heterocycles. The van der Waals surface area contributed by atoms with Crippen LogP contribution in [0.4, 0.5) is 0 Å². The Labute approximate surface area is 104 Å². The zero-order chi connectivity index (χ0) is 12.3. The molecule has 0 spiro atoms. The van der Waals surface area contributed by atoms with Crippen molar-refractivity contribution in [2.45, 2.75) is 44.3 Å². The SMILES string of the molecule is C=CCCC(O)CC#CCOC1CCOCC1. The largest absolute Gasteiger partial charge is 0.392 e. The van der Waals surface area contributed by atoms with Crippen molar-refractivity contribution < 1.29 is 14.6 Å². The third kappa shape index (κ3) is 7.17. The van der Waals surface area contributed by atoms with Crippen LogP contribution in [0.5, 0.6) is 0 Å². The van der Waals surface area contributed by atoms with Gasteiger partial charge in [0, 0.05) is 19.6 Å². The third-order valence-electron chi connectivity index (χ3n) is 2.73. The molecule has 1 aliphatic rings. The van der Waals surface area contributed by atoms with Crippen molar-refractivity contribution in [1.29, 1.82) is 0 Å². The normalized spacial score (nSPS) is 18.2. The molecular weight excluding hydrogens is 216 g/mol. The van der Waals surface area contributed by atoms with Crippen LogP contribution in [0.25, 0.3) is 0 Å². The summed E-state index contributed by atoms with van der Waals surface area (Å²) < 4.78 is 10.8. The summed E-state index contributed by atoms with van der Waals surface area (Å²) in [4.78, 5) is 0. The molecule has 0 amide bonds. The van der Waals surface area contributed by atoms with E-state index in [2.05, 4.69) is 18.4 Å². The molecule has 0 aromatic heterocycles. The quantitative estimate of drug-likeness (QED) is 0.567. The van der Waals surface area contributed by atoms with Crippen LogP contribution in [0.1, 0.15) is 32.1 Å². The maximum Gasteiger partial charge on any atom is 0.108 e. The van der Waals surface area contributed by atoms with Gasteiger partial charge >= 0.3 is 0 Å². The van der Waals surface area contributed by atoms with E-state index >= 15 is 0 Å². The predicted molar refractivity (Wildman–Crippen MR) is 67.6 cm³/mol. The van der Waals surface area contributed by atoms with Crippen molar-refractivity contribution in [2.75, 3.05) is 19.8 Å². The van der Waals surface area contributed by atoms with Crippen molar-refractivity contribution >= 4 is 0 Å². The minimum absolute atomic E-state index is 0.295. The van der Waals surface area contributed by atoms with E-state index in [-0.39, 0.29) is 6.10 Å². The number of hydrogen-bond donors (Lipinski definition) is 1. The highest BCUT2D eigenvalue weighted by atomic mass is 16.5. The first-order chi connectivity index (χ1) is 8.33. The molecule has 1 saturated heterocycles. The predicted octanol–water partition coefficient (Wildman–Crippen LogP) is 1.90. The first-order valence-electron chi connectivity index (χ1n) is 6.27. The molecule has 1 rings (SSSR count). The van der Waals surface area contributed by atoms with Crippen LogP contribution in [0.2, 0.25) is 0 Å². The van der Waals surface area contributed by atoms with Gasteiger partial charge in [0.2, 0.25) is 0 Å². The minimum Gasteiger partial charge on any atom is -0.392 e. The summed E-state index contributed by atoms with van der Waals surface area (Å²) in [6, 6.07) is 0. The maximum absolute atomic E-state index is 9.52. The summed E-state index contributed by atoms with van der Waals surface area (Å²) in [6.07, 6.45) is 5.77. The van der Waals surface area contributed by atoms with E-state index in [1.807, 2.05) is 6.08 Å². The van der Waals surface area contributed by atoms with Crippen LogP contribution in [-0.2, 0) is 9.47 Å². The molecular formula is C14H22O3. The molecule has 3 nitrogen and oxygen atoms in total. The number of allylic oxidation sites excluding steroid dienone is 1. The third-order valence-corrected chi connectivity index (χ3v) is 2.73. The standard InChI is InChI=1S/C14H22O3/c1-2-3-6-13(15)7-4-5-10-17-14-8-11-16-12-9-14/h2,13-15H,1,3,6-12H2. The van der Waals surface area contributed by atoms with Crippen LogP contribution < -0.4 is 0 Å². The number of rotatable bonds is 6. The number of aliphatic hydroxyl groups is 1. The molecule has 1 fully saturated rings. The Morgan fingerprint density at radius 1 is 1.41 bits per heavy atom. The smallest absolute Gasteiger partial charge is 0.108 e.